The number of hydrogen-bond donors (Lipinski definition) is 2. The van der Waals surface area contributed by atoms with Crippen LogP contribution in [-0.2, 0) is 0 Å². The molecule has 2 rings (SSSR count). The van der Waals surface area contributed by atoms with E-state index in [1.807, 2.05) is 7.05 Å². The summed E-state index contributed by atoms with van der Waals surface area (Å²) in [6.07, 6.45) is 2.38. The highest BCUT2D eigenvalue weighted by molar-refractivity contribution is 14.0. The minimum atomic E-state index is 0. The highest BCUT2D eigenvalue weighted by Crippen LogP contribution is 2.16. The van der Waals surface area contributed by atoms with E-state index in [1.54, 1.807) is 0 Å². The summed E-state index contributed by atoms with van der Waals surface area (Å²) in [4.78, 5) is 9.33. The summed E-state index contributed by atoms with van der Waals surface area (Å²) in [5.41, 5.74) is 1.34. The van der Waals surface area contributed by atoms with E-state index in [1.165, 1.54) is 18.5 Å². The number of piperazine rings is 1. The lowest BCUT2D eigenvalue weighted by molar-refractivity contribution is 0.197. The van der Waals surface area contributed by atoms with Gasteiger partial charge in [0.15, 0.2) is 5.96 Å². The average molecular weight is 459 g/mol. The molecule has 0 amide bonds. The van der Waals surface area contributed by atoms with Crippen molar-refractivity contribution in [1.29, 1.82) is 0 Å². The first kappa shape index (κ1) is 22.0. The summed E-state index contributed by atoms with van der Waals surface area (Å²) in [6, 6.07) is 11.2. The Hall–Kier alpha value is -1.02. The van der Waals surface area contributed by atoms with Gasteiger partial charge in [-0.2, -0.15) is 0 Å². The van der Waals surface area contributed by atoms with Crippen LogP contribution in [-0.4, -0.2) is 63.2 Å². The van der Waals surface area contributed by atoms with Crippen molar-refractivity contribution in [2.45, 2.75) is 32.7 Å². The van der Waals surface area contributed by atoms with E-state index in [9.17, 15) is 0 Å². The summed E-state index contributed by atoms with van der Waals surface area (Å²) in [6.45, 7) is 10.8. The van der Waals surface area contributed by atoms with Crippen LogP contribution in [0.25, 0.3) is 0 Å². The lowest BCUT2D eigenvalue weighted by Gasteiger charge is -2.39. The van der Waals surface area contributed by atoms with Gasteiger partial charge in [0.1, 0.15) is 0 Å². The Balaban J connectivity index is 0.00000312. The summed E-state index contributed by atoms with van der Waals surface area (Å²) >= 11 is 0. The summed E-state index contributed by atoms with van der Waals surface area (Å²) in [7, 11) is 1.84. The average Bonchev–Trinajstić information content (AvgIpc) is 2.65. The Bertz CT molecular complexity index is 486. The van der Waals surface area contributed by atoms with Gasteiger partial charge in [-0.05, 0) is 25.5 Å². The molecular formula is C19H34IN5. The number of halogens is 1. The maximum absolute atomic E-state index is 4.30. The fraction of sp³-hybridized carbons (Fsp3) is 0.632. The van der Waals surface area contributed by atoms with Crippen LogP contribution < -0.4 is 15.5 Å². The Morgan fingerprint density at radius 1 is 1.12 bits per heavy atom. The van der Waals surface area contributed by atoms with E-state index in [0.29, 0.717) is 6.04 Å². The molecule has 1 aliphatic heterocycles. The van der Waals surface area contributed by atoms with Crippen LogP contribution in [0, 0.1) is 0 Å². The molecule has 0 bridgehead atoms. The smallest absolute Gasteiger partial charge is 0.191 e. The third kappa shape index (κ3) is 7.40. The van der Waals surface area contributed by atoms with Crippen LogP contribution in [0.5, 0.6) is 0 Å². The van der Waals surface area contributed by atoms with Gasteiger partial charge in [-0.15, -0.1) is 24.0 Å². The molecule has 0 saturated carbocycles. The Kier molecular flexibility index (Phi) is 10.9. The first-order chi connectivity index (χ1) is 11.7. The number of nitrogens with one attached hydrogen (secondary N) is 2. The number of para-hydroxylation sites is 1. The second kappa shape index (κ2) is 12.4. The van der Waals surface area contributed by atoms with E-state index in [-0.39, 0.29) is 24.0 Å². The number of anilines is 1. The monoisotopic (exact) mass is 459 g/mol. The zero-order valence-corrected chi connectivity index (χ0v) is 18.2. The van der Waals surface area contributed by atoms with Gasteiger partial charge < -0.3 is 15.5 Å². The minimum Gasteiger partial charge on any atom is -0.369 e. The van der Waals surface area contributed by atoms with E-state index in [4.69, 9.17) is 0 Å². The quantitative estimate of drug-likeness (QED) is 0.285. The molecule has 2 N–H and O–H groups in total. The number of aliphatic imine (C=N–C) groups is 1. The van der Waals surface area contributed by atoms with Crippen LogP contribution in [0.1, 0.15) is 26.7 Å². The fourth-order valence-electron chi connectivity index (χ4n) is 3.04. The third-order valence-corrected chi connectivity index (χ3v) is 4.67. The highest BCUT2D eigenvalue weighted by Gasteiger charge is 2.21. The van der Waals surface area contributed by atoms with Crippen LogP contribution in [0.4, 0.5) is 5.69 Å². The summed E-state index contributed by atoms with van der Waals surface area (Å²) in [5.74, 6) is 0.915. The van der Waals surface area contributed by atoms with Gasteiger partial charge in [-0.1, -0.05) is 31.5 Å². The maximum Gasteiger partial charge on any atom is 0.191 e. The van der Waals surface area contributed by atoms with Crippen LogP contribution >= 0.6 is 24.0 Å². The molecule has 5 nitrogen and oxygen atoms in total. The van der Waals surface area contributed by atoms with Crippen molar-refractivity contribution >= 4 is 35.6 Å². The molecule has 1 heterocycles. The van der Waals surface area contributed by atoms with Gasteiger partial charge in [-0.3, -0.25) is 9.89 Å². The van der Waals surface area contributed by atoms with Gasteiger partial charge in [0.25, 0.3) is 0 Å². The highest BCUT2D eigenvalue weighted by atomic mass is 127. The van der Waals surface area contributed by atoms with Crippen molar-refractivity contribution in [1.82, 2.24) is 15.5 Å². The summed E-state index contributed by atoms with van der Waals surface area (Å²) < 4.78 is 0. The number of benzene rings is 1. The molecule has 1 aliphatic rings. The molecule has 0 aromatic heterocycles. The standard InChI is InChI=1S/C19H33N5.HI/c1-4-5-11-21-19(20-3)22-16-17(2)23-12-14-24(15-13-23)18-9-7-6-8-10-18;/h6-10,17H,4-5,11-16H2,1-3H3,(H2,20,21,22);1H. The van der Waals surface area contributed by atoms with Gasteiger partial charge in [0, 0.05) is 58.0 Å². The molecule has 0 aliphatic carbocycles. The molecule has 6 heteroatoms. The van der Waals surface area contributed by atoms with Crippen molar-refractivity contribution in [3.63, 3.8) is 0 Å². The lowest BCUT2D eigenvalue weighted by Crippen LogP contribution is -2.53. The zero-order valence-electron chi connectivity index (χ0n) is 15.9. The van der Waals surface area contributed by atoms with Gasteiger partial charge >= 0.3 is 0 Å². The summed E-state index contributed by atoms with van der Waals surface area (Å²) in [5, 5.41) is 6.82. The fourth-order valence-corrected chi connectivity index (χ4v) is 3.04. The Morgan fingerprint density at radius 3 is 2.40 bits per heavy atom. The molecule has 1 atom stereocenters. The molecule has 25 heavy (non-hydrogen) atoms. The van der Waals surface area contributed by atoms with Crippen LogP contribution in [0.2, 0.25) is 0 Å². The predicted octanol–water partition coefficient (Wildman–Crippen LogP) is 2.78. The van der Waals surface area contributed by atoms with Gasteiger partial charge in [0.05, 0.1) is 0 Å². The lowest BCUT2D eigenvalue weighted by atomic mass is 10.2. The molecule has 0 radical (unpaired) electrons. The SMILES string of the molecule is CCCCNC(=NC)NCC(C)N1CCN(c2ccccc2)CC1.I. The van der Waals surface area contributed by atoms with Crippen molar-refractivity contribution in [3.05, 3.63) is 30.3 Å². The minimum absolute atomic E-state index is 0. The largest absolute Gasteiger partial charge is 0.369 e. The normalized spacial score (nSPS) is 16.9. The molecule has 1 aromatic rings. The van der Waals surface area contributed by atoms with Crippen molar-refractivity contribution in [2.75, 3.05) is 51.2 Å². The number of unbranched alkanes of at least 4 members (excludes halogenated alkanes) is 1. The van der Waals surface area contributed by atoms with E-state index in [2.05, 4.69) is 69.6 Å². The van der Waals surface area contributed by atoms with Gasteiger partial charge in [-0.25, -0.2) is 0 Å². The molecule has 1 unspecified atom stereocenters. The molecule has 1 aromatic carbocycles. The van der Waals surface area contributed by atoms with Crippen molar-refractivity contribution in [3.8, 4) is 0 Å². The van der Waals surface area contributed by atoms with Gasteiger partial charge in [0.2, 0.25) is 0 Å². The number of nitrogens with zero attached hydrogens (tertiary/aromatic N) is 3. The first-order valence-electron chi connectivity index (χ1n) is 9.23. The Morgan fingerprint density at radius 2 is 1.80 bits per heavy atom. The van der Waals surface area contributed by atoms with Crippen molar-refractivity contribution < 1.29 is 0 Å². The number of rotatable bonds is 7. The topological polar surface area (TPSA) is 42.9 Å². The zero-order chi connectivity index (χ0) is 17.2. The first-order valence-corrected chi connectivity index (χ1v) is 9.23. The second-order valence-electron chi connectivity index (χ2n) is 6.44. The van der Waals surface area contributed by atoms with E-state index in [0.717, 1.165) is 45.2 Å². The van der Waals surface area contributed by atoms with E-state index >= 15 is 0 Å². The van der Waals surface area contributed by atoms with Crippen molar-refractivity contribution in [2.24, 2.45) is 4.99 Å². The third-order valence-electron chi connectivity index (χ3n) is 4.67. The number of guanidine groups is 1. The predicted molar refractivity (Wildman–Crippen MR) is 119 cm³/mol. The molecule has 142 valence electrons. The maximum atomic E-state index is 4.30. The molecule has 1 saturated heterocycles. The van der Waals surface area contributed by atoms with Crippen LogP contribution in [0.15, 0.2) is 35.3 Å². The number of hydrogen-bond acceptors (Lipinski definition) is 3. The second-order valence-corrected chi connectivity index (χ2v) is 6.44. The van der Waals surface area contributed by atoms with E-state index < -0.39 is 0 Å². The van der Waals surface area contributed by atoms with Crippen LogP contribution in [0.3, 0.4) is 0 Å². The molecule has 0 spiro atoms. The Labute approximate surface area is 170 Å². The molecule has 1 fully saturated rings. The molecular weight excluding hydrogens is 425 g/mol.